The molecule has 0 saturated carbocycles. The van der Waals surface area contributed by atoms with Crippen LogP contribution in [0.1, 0.15) is 15.5 Å². The Bertz CT molecular complexity index is 464. The summed E-state index contributed by atoms with van der Waals surface area (Å²) < 4.78 is 5.12. The molecule has 76 valence electrons. The smallest absolute Gasteiger partial charge is 0.363 e. The Morgan fingerprint density at radius 1 is 1.33 bits per heavy atom. The van der Waals surface area contributed by atoms with Gasteiger partial charge in [0.15, 0.2) is 5.69 Å². The van der Waals surface area contributed by atoms with Gasteiger partial charge in [0.1, 0.15) is 5.75 Å². The number of rotatable bonds is 2. The van der Waals surface area contributed by atoms with Crippen molar-refractivity contribution in [1.82, 2.24) is 4.98 Å². The number of para-hydroxylation sites is 1. The van der Waals surface area contributed by atoms with Gasteiger partial charge in [-0.3, -0.25) is 0 Å². The number of aromatic nitrogens is 1. The lowest BCUT2D eigenvalue weighted by Crippen LogP contribution is -2.08. The van der Waals surface area contributed by atoms with Gasteiger partial charge < -0.3 is 4.74 Å². The number of benzene rings is 1. The highest BCUT2D eigenvalue weighted by molar-refractivity contribution is 7.09. The van der Waals surface area contributed by atoms with Crippen LogP contribution >= 0.6 is 11.3 Å². The molecule has 0 saturated heterocycles. The fourth-order valence-corrected chi connectivity index (χ4v) is 1.69. The summed E-state index contributed by atoms with van der Waals surface area (Å²) in [7, 11) is 0. The van der Waals surface area contributed by atoms with Crippen LogP contribution in [0.3, 0.4) is 0 Å². The minimum absolute atomic E-state index is 0.362. The van der Waals surface area contributed by atoms with Crippen molar-refractivity contribution in [3.63, 3.8) is 0 Å². The Morgan fingerprint density at radius 2 is 2.07 bits per heavy atom. The van der Waals surface area contributed by atoms with E-state index in [-0.39, 0.29) is 0 Å². The molecular formula is C11H9NO2S. The van der Waals surface area contributed by atoms with Crippen molar-refractivity contribution in [2.75, 3.05) is 0 Å². The first kappa shape index (κ1) is 9.86. The minimum Gasteiger partial charge on any atom is -0.422 e. The number of hydrogen-bond acceptors (Lipinski definition) is 4. The lowest BCUT2D eigenvalue weighted by Gasteiger charge is -2.00. The first-order valence-corrected chi connectivity index (χ1v) is 5.33. The second-order valence-corrected chi connectivity index (χ2v) is 4.02. The molecule has 0 aliphatic heterocycles. The van der Waals surface area contributed by atoms with E-state index in [0.29, 0.717) is 11.4 Å². The van der Waals surface area contributed by atoms with Crippen LogP contribution in [0.4, 0.5) is 0 Å². The number of carbonyl (C=O) groups excluding carboxylic acids is 1. The zero-order valence-electron chi connectivity index (χ0n) is 8.14. The lowest BCUT2D eigenvalue weighted by molar-refractivity contribution is 0.0729. The van der Waals surface area contributed by atoms with Crippen LogP contribution in [-0.2, 0) is 0 Å². The van der Waals surface area contributed by atoms with E-state index in [2.05, 4.69) is 4.98 Å². The van der Waals surface area contributed by atoms with Gasteiger partial charge in [-0.2, -0.15) is 0 Å². The van der Waals surface area contributed by atoms with Crippen molar-refractivity contribution in [3.05, 3.63) is 46.4 Å². The summed E-state index contributed by atoms with van der Waals surface area (Å²) in [5, 5.41) is 2.55. The number of thiazole rings is 1. The van der Waals surface area contributed by atoms with Gasteiger partial charge in [0, 0.05) is 5.38 Å². The van der Waals surface area contributed by atoms with Crippen molar-refractivity contribution in [1.29, 1.82) is 0 Å². The fraction of sp³-hybridized carbons (Fsp3) is 0.0909. The Hall–Kier alpha value is -1.68. The highest BCUT2D eigenvalue weighted by Gasteiger charge is 2.11. The van der Waals surface area contributed by atoms with Crippen LogP contribution < -0.4 is 4.74 Å². The largest absolute Gasteiger partial charge is 0.422 e. The summed E-state index contributed by atoms with van der Waals surface area (Å²) in [6, 6.07) is 8.96. The second-order valence-electron chi connectivity index (χ2n) is 2.95. The number of carbonyl (C=O) groups is 1. The average molecular weight is 219 g/mol. The van der Waals surface area contributed by atoms with Crippen LogP contribution in [0.15, 0.2) is 35.7 Å². The van der Waals surface area contributed by atoms with Gasteiger partial charge in [-0.1, -0.05) is 18.2 Å². The highest BCUT2D eigenvalue weighted by atomic mass is 32.1. The summed E-state index contributed by atoms with van der Waals surface area (Å²) in [4.78, 5) is 15.6. The number of esters is 1. The maximum absolute atomic E-state index is 11.5. The summed E-state index contributed by atoms with van der Waals surface area (Å²) in [5.41, 5.74) is 0.362. The summed E-state index contributed by atoms with van der Waals surface area (Å²) in [5.74, 6) is 0.124. The summed E-state index contributed by atoms with van der Waals surface area (Å²) >= 11 is 1.43. The molecule has 0 spiro atoms. The molecular weight excluding hydrogens is 210 g/mol. The number of hydrogen-bond donors (Lipinski definition) is 0. The quantitative estimate of drug-likeness (QED) is 0.575. The normalized spacial score (nSPS) is 9.93. The van der Waals surface area contributed by atoms with E-state index in [9.17, 15) is 4.79 Å². The maximum atomic E-state index is 11.5. The first-order chi connectivity index (χ1) is 7.25. The molecule has 0 fully saturated rings. The molecule has 15 heavy (non-hydrogen) atoms. The third-order valence-corrected chi connectivity index (χ3v) is 2.56. The van der Waals surface area contributed by atoms with Gasteiger partial charge in [-0.25, -0.2) is 9.78 Å². The van der Waals surface area contributed by atoms with Crippen molar-refractivity contribution < 1.29 is 9.53 Å². The van der Waals surface area contributed by atoms with E-state index in [1.165, 1.54) is 11.3 Å². The Morgan fingerprint density at radius 3 is 2.67 bits per heavy atom. The van der Waals surface area contributed by atoms with E-state index in [1.807, 2.05) is 25.1 Å². The van der Waals surface area contributed by atoms with Crippen molar-refractivity contribution in [3.8, 4) is 5.75 Å². The molecule has 3 nitrogen and oxygen atoms in total. The number of nitrogens with zero attached hydrogens (tertiary/aromatic N) is 1. The monoisotopic (exact) mass is 219 g/mol. The second kappa shape index (κ2) is 4.23. The standard InChI is InChI=1S/C11H9NO2S/c1-8-12-10(7-15-8)11(13)14-9-5-3-2-4-6-9/h2-7H,1H3. The molecule has 1 aromatic heterocycles. The SMILES string of the molecule is Cc1nc(C(=O)Oc2ccccc2)cs1. The van der Waals surface area contributed by atoms with Crippen molar-refractivity contribution in [2.45, 2.75) is 6.92 Å². The molecule has 1 aromatic carbocycles. The molecule has 1 heterocycles. The predicted molar refractivity (Wildman–Crippen MR) is 58.3 cm³/mol. The lowest BCUT2D eigenvalue weighted by atomic mass is 10.3. The van der Waals surface area contributed by atoms with E-state index >= 15 is 0 Å². The topological polar surface area (TPSA) is 39.2 Å². The molecule has 0 amide bonds. The minimum atomic E-state index is -0.412. The van der Waals surface area contributed by atoms with Crippen LogP contribution in [0.25, 0.3) is 0 Å². The molecule has 0 unspecified atom stereocenters. The predicted octanol–water partition coefficient (Wildman–Crippen LogP) is 2.67. The average Bonchev–Trinajstić information content (AvgIpc) is 2.66. The van der Waals surface area contributed by atoms with E-state index in [1.54, 1.807) is 17.5 Å². The summed E-state index contributed by atoms with van der Waals surface area (Å²) in [6.07, 6.45) is 0. The van der Waals surface area contributed by atoms with Gasteiger partial charge in [0.25, 0.3) is 0 Å². The maximum Gasteiger partial charge on any atom is 0.363 e. The van der Waals surface area contributed by atoms with Crippen LogP contribution in [-0.4, -0.2) is 11.0 Å². The van der Waals surface area contributed by atoms with Gasteiger partial charge in [-0.15, -0.1) is 11.3 Å². The molecule has 2 aromatic rings. The molecule has 0 radical (unpaired) electrons. The molecule has 0 atom stereocenters. The molecule has 4 heteroatoms. The Balaban J connectivity index is 2.11. The fourth-order valence-electron chi connectivity index (χ4n) is 1.11. The van der Waals surface area contributed by atoms with E-state index in [0.717, 1.165) is 5.01 Å². The van der Waals surface area contributed by atoms with Crippen LogP contribution in [0, 0.1) is 6.92 Å². The van der Waals surface area contributed by atoms with Gasteiger partial charge >= 0.3 is 5.97 Å². The van der Waals surface area contributed by atoms with E-state index < -0.39 is 5.97 Å². The zero-order valence-corrected chi connectivity index (χ0v) is 8.95. The van der Waals surface area contributed by atoms with Crippen molar-refractivity contribution in [2.24, 2.45) is 0 Å². The van der Waals surface area contributed by atoms with Crippen LogP contribution in [0.2, 0.25) is 0 Å². The van der Waals surface area contributed by atoms with Crippen LogP contribution in [0.5, 0.6) is 5.75 Å². The highest BCUT2D eigenvalue weighted by Crippen LogP contribution is 2.13. The number of ether oxygens (including phenoxy) is 1. The first-order valence-electron chi connectivity index (χ1n) is 4.45. The van der Waals surface area contributed by atoms with Gasteiger partial charge in [0.2, 0.25) is 0 Å². The zero-order chi connectivity index (χ0) is 10.7. The van der Waals surface area contributed by atoms with E-state index in [4.69, 9.17) is 4.74 Å². The molecule has 0 aliphatic rings. The summed E-state index contributed by atoms with van der Waals surface area (Å²) in [6.45, 7) is 1.85. The molecule has 0 aliphatic carbocycles. The third kappa shape index (κ3) is 2.41. The Labute approximate surface area is 91.4 Å². The molecule has 2 rings (SSSR count). The molecule has 0 bridgehead atoms. The van der Waals surface area contributed by atoms with Gasteiger partial charge in [-0.05, 0) is 19.1 Å². The van der Waals surface area contributed by atoms with Crippen molar-refractivity contribution >= 4 is 17.3 Å². The third-order valence-electron chi connectivity index (χ3n) is 1.78. The number of aryl methyl sites for hydroxylation is 1. The van der Waals surface area contributed by atoms with Gasteiger partial charge in [0.05, 0.1) is 5.01 Å². The Kier molecular flexibility index (Phi) is 2.78. The molecule has 0 N–H and O–H groups in total.